The Bertz CT molecular complexity index is 143. The zero-order valence-electron chi connectivity index (χ0n) is 8.28. The van der Waals surface area contributed by atoms with Gasteiger partial charge in [0.1, 0.15) is 0 Å². The van der Waals surface area contributed by atoms with Gasteiger partial charge in [-0.25, -0.2) is 0 Å². The molecule has 0 saturated carbocycles. The second kappa shape index (κ2) is 8.62. The van der Waals surface area contributed by atoms with Gasteiger partial charge in [0.25, 0.3) is 0 Å². The van der Waals surface area contributed by atoms with Gasteiger partial charge in [-0.3, -0.25) is 4.21 Å². The number of methoxy groups -OCH3 is 1. The summed E-state index contributed by atoms with van der Waals surface area (Å²) in [4.78, 5) is 0. The first-order valence-corrected chi connectivity index (χ1v) is 6.07. The van der Waals surface area contributed by atoms with Crippen LogP contribution in [0.15, 0.2) is 0 Å². The van der Waals surface area contributed by atoms with Gasteiger partial charge >= 0.3 is 0 Å². The van der Waals surface area contributed by atoms with E-state index in [9.17, 15) is 9.32 Å². The van der Waals surface area contributed by atoms with E-state index in [1.54, 1.807) is 13.4 Å². The maximum Gasteiger partial charge on any atom is 0.0897 e. The molecule has 4 nitrogen and oxygen atoms in total. The highest BCUT2D eigenvalue weighted by Gasteiger charge is 2.01. The van der Waals surface area contributed by atoms with Gasteiger partial charge in [0.15, 0.2) is 0 Å². The molecule has 0 aromatic heterocycles. The standard InChI is InChI=1S/C8H19NO3S/c1-12-7-8(10)6-9-4-3-5-13(2)11/h8-10H,3-7H2,1-2H3. The highest BCUT2D eigenvalue weighted by Crippen LogP contribution is 1.84. The van der Waals surface area contributed by atoms with Gasteiger partial charge in [-0.15, -0.1) is 0 Å². The second-order valence-electron chi connectivity index (χ2n) is 2.94. The number of ether oxygens (including phenoxy) is 1. The van der Waals surface area contributed by atoms with Crippen molar-refractivity contribution >= 4 is 10.8 Å². The number of aliphatic hydroxyl groups is 1. The molecule has 0 rings (SSSR count). The normalized spacial score (nSPS) is 15.6. The predicted molar refractivity (Wildman–Crippen MR) is 54.3 cm³/mol. The van der Waals surface area contributed by atoms with Crippen LogP contribution in [0.5, 0.6) is 0 Å². The van der Waals surface area contributed by atoms with Gasteiger partial charge < -0.3 is 15.2 Å². The molecule has 5 heteroatoms. The summed E-state index contributed by atoms with van der Waals surface area (Å²) >= 11 is 0. The molecular weight excluding hydrogens is 190 g/mol. The van der Waals surface area contributed by atoms with Crippen LogP contribution in [0, 0.1) is 0 Å². The quantitative estimate of drug-likeness (QED) is 0.522. The maximum atomic E-state index is 10.7. The molecule has 0 spiro atoms. The van der Waals surface area contributed by atoms with Crippen molar-refractivity contribution in [3.05, 3.63) is 0 Å². The fourth-order valence-corrected chi connectivity index (χ4v) is 1.47. The van der Waals surface area contributed by atoms with Crippen LogP contribution in [0.3, 0.4) is 0 Å². The van der Waals surface area contributed by atoms with Crippen LogP contribution in [-0.2, 0) is 15.5 Å². The zero-order chi connectivity index (χ0) is 10.1. The molecule has 80 valence electrons. The Kier molecular flexibility index (Phi) is 8.64. The van der Waals surface area contributed by atoms with Gasteiger partial charge in [0.05, 0.1) is 12.7 Å². The molecule has 0 amide bonds. The summed E-state index contributed by atoms with van der Waals surface area (Å²) in [6, 6.07) is 0. The fraction of sp³-hybridized carbons (Fsp3) is 1.00. The number of hydrogen-bond donors (Lipinski definition) is 2. The van der Waals surface area contributed by atoms with Gasteiger partial charge in [-0.05, 0) is 13.0 Å². The summed E-state index contributed by atoms with van der Waals surface area (Å²) in [5.41, 5.74) is 0. The molecule has 13 heavy (non-hydrogen) atoms. The zero-order valence-corrected chi connectivity index (χ0v) is 9.10. The van der Waals surface area contributed by atoms with Crippen molar-refractivity contribution in [3.8, 4) is 0 Å². The molecule has 0 bridgehead atoms. The average molecular weight is 209 g/mol. The summed E-state index contributed by atoms with van der Waals surface area (Å²) < 4.78 is 15.4. The molecule has 0 heterocycles. The van der Waals surface area contributed by atoms with Crippen LogP contribution in [0.25, 0.3) is 0 Å². The van der Waals surface area contributed by atoms with E-state index < -0.39 is 16.9 Å². The Morgan fingerprint density at radius 3 is 2.85 bits per heavy atom. The lowest BCUT2D eigenvalue weighted by Crippen LogP contribution is -2.31. The van der Waals surface area contributed by atoms with E-state index in [2.05, 4.69) is 5.32 Å². The van der Waals surface area contributed by atoms with E-state index >= 15 is 0 Å². The highest BCUT2D eigenvalue weighted by molar-refractivity contribution is 7.84. The minimum absolute atomic E-state index is 0.354. The average Bonchev–Trinajstić information content (AvgIpc) is 2.03. The Hall–Kier alpha value is 0.0300. The molecule has 0 fully saturated rings. The Morgan fingerprint density at radius 1 is 1.62 bits per heavy atom. The van der Waals surface area contributed by atoms with Crippen molar-refractivity contribution in [2.24, 2.45) is 0 Å². The van der Waals surface area contributed by atoms with Gasteiger partial charge in [0, 0.05) is 36.5 Å². The maximum absolute atomic E-state index is 10.7. The van der Waals surface area contributed by atoms with Crippen LogP contribution in [0.1, 0.15) is 6.42 Å². The summed E-state index contributed by atoms with van der Waals surface area (Å²) in [7, 11) is 0.849. The topological polar surface area (TPSA) is 58.6 Å². The van der Waals surface area contributed by atoms with Crippen LogP contribution >= 0.6 is 0 Å². The highest BCUT2D eigenvalue weighted by atomic mass is 32.2. The largest absolute Gasteiger partial charge is 0.389 e. The molecule has 0 aliphatic heterocycles. The molecule has 0 aliphatic carbocycles. The van der Waals surface area contributed by atoms with Gasteiger partial charge in [-0.1, -0.05) is 0 Å². The minimum Gasteiger partial charge on any atom is -0.389 e. The number of rotatable bonds is 8. The first kappa shape index (κ1) is 13.0. The van der Waals surface area contributed by atoms with Crippen LogP contribution in [0.2, 0.25) is 0 Å². The fourth-order valence-electron chi connectivity index (χ4n) is 0.920. The van der Waals surface area contributed by atoms with Crippen molar-refractivity contribution < 1.29 is 14.1 Å². The van der Waals surface area contributed by atoms with Crippen molar-refractivity contribution in [1.82, 2.24) is 5.32 Å². The molecule has 0 saturated heterocycles. The number of hydrogen-bond acceptors (Lipinski definition) is 4. The van der Waals surface area contributed by atoms with E-state index in [-0.39, 0.29) is 0 Å². The first-order valence-electron chi connectivity index (χ1n) is 4.34. The van der Waals surface area contributed by atoms with Crippen LogP contribution in [-0.4, -0.2) is 54.2 Å². The third kappa shape index (κ3) is 9.95. The third-order valence-corrected chi connectivity index (χ3v) is 2.39. The van der Waals surface area contributed by atoms with Crippen LogP contribution in [0.4, 0.5) is 0 Å². The van der Waals surface area contributed by atoms with E-state index in [1.807, 2.05) is 0 Å². The van der Waals surface area contributed by atoms with Crippen molar-refractivity contribution in [2.45, 2.75) is 12.5 Å². The molecule has 2 unspecified atom stereocenters. The predicted octanol–water partition coefficient (Wildman–Crippen LogP) is -0.648. The SMILES string of the molecule is COCC(O)CNCCCS(C)=O. The molecular formula is C8H19NO3S. The Morgan fingerprint density at radius 2 is 2.31 bits per heavy atom. The van der Waals surface area contributed by atoms with Crippen molar-refractivity contribution in [2.75, 3.05) is 38.8 Å². The Labute approximate surface area is 82.1 Å². The Balaban J connectivity index is 3.11. The molecule has 2 atom stereocenters. The minimum atomic E-state index is -0.710. The van der Waals surface area contributed by atoms with E-state index in [1.165, 1.54) is 0 Å². The first-order chi connectivity index (χ1) is 6.16. The number of aliphatic hydroxyl groups excluding tert-OH is 1. The second-order valence-corrected chi connectivity index (χ2v) is 4.50. The van der Waals surface area contributed by atoms with E-state index in [0.29, 0.717) is 18.9 Å². The molecule has 2 N–H and O–H groups in total. The lowest BCUT2D eigenvalue weighted by Gasteiger charge is -2.09. The number of nitrogens with one attached hydrogen (secondary N) is 1. The lowest BCUT2D eigenvalue weighted by atomic mass is 10.3. The van der Waals surface area contributed by atoms with Crippen LogP contribution < -0.4 is 5.32 Å². The molecule has 0 aromatic carbocycles. The van der Waals surface area contributed by atoms with E-state index in [4.69, 9.17) is 4.74 Å². The monoisotopic (exact) mass is 209 g/mol. The van der Waals surface area contributed by atoms with E-state index in [0.717, 1.165) is 13.0 Å². The smallest absolute Gasteiger partial charge is 0.0897 e. The van der Waals surface area contributed by atoms with Gasteiger partial charge in [-0.2, -0.15) is 0 Å². The molecule has 0 aromatic rings. The van der Waals surface area contributed by atoms with Crippen molar-refractivity contribution in [1.29, 1.82) is 0 Å². The molecule has 0 aliphatic rings. The van der Waals surface area contributed by atoms with Crippen molar-refractivity contribution in [3.63, 3.8) is 0 Å². The third-order valence-electron chi connectivity index (χ3n) is 1.52. The van der Waals surface area contributed by atoms with Gasteiger partial charge in [0.2, 0.25) is 0 Å². The summed E-state index contributed by atoms with van der Waals surface area (Å²) in [6.45, 7) is 1.68. The summed E-state index contributed by atoms with van der Waals surface area (Å²) in [5, 5.41) is 12.3. The summed E-state index contributed by atoms with van der Waals surface area (Å²) in [6.07, 6.45) is 2.12. The lowest BCUT2D eigenvalue weighted by molar-refractivity contribution is 0.0647. The molecule has 0 radical (unpaired) electrons. The summed E-state index contributed by atoms with van der Waals surface area (Å²) in [5.74, 6) is 0.716.